The molecule has 2 N–H and O–H groups in total. The number of hydrogen-bond acceptors (Lipinski definition) is 3. The fraction of sp³-hybridized carbons (Fsp3) is 0.444. The third-order valence-corrected chi connectivity index (χ3v) is 4.37. The Labute approximate surface area is 143 Å². The van der Waals surface area contributed by atoms with Gasteiger partial charge >= 0.3 is 0 Å². The van der Waals surface area contributed by atoms with Gasteiger partial charge in [-0.25, -0.2) is 0 Å². The molecule has 3 rings (SSSR count). The molecule has 2 heterocycles. The monoisotopic (exact) mass is 326 g/mol. The summed E-state index contributed by atoms with van der Waals surface area (Å²) >= 11 is 0. The van der Waals surface area contributed by atoms with Crippen LogP contribution < -0.4 is 15.5 Å². The van der Waals surface area contributed by atoms with Crippen LogP contribution in [-0.2, 0) is 13.6 Å². The zero-order chi connectivity index (χ0) is 16.9. The van der Waals surface area contributed by atoms with E-state index in [2.05, 4.69) is 56.8 Å². The summed E-state index contributed by atoms with van der Waals surface area (Å²) in [6, 6.07) is 9.15. The normalized spacial score (nSPS) is 18.0. The quantitative estimate of drug-likeness (QED) is 0.663. The van der Waals surface area contributed by atoms with Crippen molar-refractivity contribution in [1.82, 2.24) is 20.4 Å². The highest BCUT2D eigenvalue weighted by molar-refractivity contribution is 5.80. The van der Waals surface area contributed by atoms with Gasteiger partial charge in [0, 0.05) is 57.2 Å². The number of nitrogens with zero attached hydrogens (tertiary/aromatic N) is 4. The molecule has 0 radical (unpaired) electrons. The van der Waals surface area contributed by atoms with Gasteiger partial charge in [-0.15, -0.1) is 0 Å². The Kier molecular flexibility index (Phi) is 5.03. The standard InChI is InChI=1S/C18H26N6/c1-14-4-6-17(7-5-14)24-9-8-16(13-24)22-18(19-2)20-10-15-11-21-23(3)12-15/h4-7,11-12,16H,8-10,13H2,1-3H3,(H2,19,20,22). The van der Waals surface area contributed by atoms with Crippen molar-refractivity contribution in [2.75, 3.05) is 25.0 Å². The molecule has 1 aliphatic heterocycles. The van der Waals surface area contributed by atoms with Crippen molar-refractivity contribution in [2.24, 2.45) is 12.0 Å². The molecular formula is C18H26N6. The number of aliphatic imine (C=N–C) groups is 1. The van der Waals surface area contributed by atoms with E-state index >= 15 is 0 Å². The molecule has 6 nitrogen and oxygen atoms in total. The number of aryl methyl sites for hydroxylation is 2. The van der Waals surface area contributed by atoms with Crippen LogP contribution in [0.1, 0.15) is 17.5 Å². The van der Waals surface area contributed by atoms with Gasteiger partial charge in [0.1, 0.15) is 0 Å². The molecule has 1 saturated heterocycles. The van der Waals surface area contributed by atoms with Crippen LogP contribution >= 0.6 is 0 Å². The lowest BCUT2D eigenvalue weighted by Crippen LogP contribution is -2.44. The molecule has 1 unspecified atom stereocenters. The number of anilines is 1. The summed E-state index contributed by atoms with van der Waals surface area (Å²) in [6.45, 7) is 4.91. The Balaban J connectivity index is 1.50. The van der Waals surface area contributed by atoms with Gasteiger partial charge in [-0.05, 0) is 25.5 Å². The molecule has 0 bridgehead atoms. The lowest BCUT2D eigenvalue weighted by atomic mass is 10.2. The third-order valence-electron chi connectivity index (χ3n) is 4.37. The average molecular weight is 326 g/mol. The molecule has 0 amide bonds. The Morgan fingerprint density at radius 3 is 2.79 bits per heavy atom. The highest BCUT2D eigenvalue weighted by atomic mass is 15.3. The SMILES string of the molecule is CN=C(NCc1cnn(C)c1)NC1CCN(c2ccc(C)cc2)C1. The van der Waals surface area contributed by atoms with Crippen LogP contribution in [0.2, 0.25) is 0 Å². The second kappa shape index (κ2) is 7.38. The highest BCUT2D eigenvalue weighted by Gasteiger charge is 2.23. The van der Waals surface area contributed by atoms with Crippen molar-refractivity contribution in [2.45, 2.75) is 25.9 Å². The van der Waals surface area contributed by atoms with Crippen LogP contribution in [0.3, 0.4) is 0 Å². The van der Waals surface area contributed by atoms with Crippen LogP contribution in [0.15, 0.2) is 41.7 Å². The fourth-order valence-electron chi connectivity index (χ4n) is 3.01. The van der Waals surface area contributed by atoms with Gasteiger partial charge in [-0.3, -0.25) is 9.67 Å². The first-order chi connectivity index (χ1) is 11.6. The van der Waals surface area contributed by atoms with Gasteiger partial charge in [-0.2, -0.15) is 5.10 Å². The maximum absolute atomic E-state index is 4.33. The molecule has 1 aromatic heterocycles. The van der Waals surface area contributed by atoms with Crippen molar-refractivity contribution in [3.05, 3.63) is 47.8 Å². The molecule has 1 fully saturated rings. The Morgan fingerprint density at radius 1 is 1.33 bits per heavy atom. The van der Waals surface area contributed by atoms with Crippen molar-refractivity contribution >= 4 is 11.6 Å². The molecule has 24 heavy (non-hydrogen) atoms. The summed E-state index contributed by atoms with van der Waals surface area (Å²) in [5.41, 5.74) is 3.74. The smallest absolute Gasteiger partial charge is 0.191 e. The van der Waals surface area contributed by atoms with Crippen LogP contribution in [0.5, 0.6) is 0 Å². The summed E-state index contributed by atoms with van der Waals surface area (Å²) in [4.78, 5) is 6.75. The van der Waals surface area contributed by atoms with Crippen LogP contribution in [-0.4, -0.2) is 41.9 Å². The summed E-state index contributed by atoms with van der Waals surface area (Å²) in [5, 5.41) is 11.1. The van der Waals surface area contributed by atoms with Crippen LogP contribution in [0, 0.1) is 6.92 Å². The zero-order valence-corrected chi connectivity index (χ0v) is 14.7. The average Bonchev–Trinajstić information content (AvgIpc) is 3.21. The van der Waals surface area contributed by atoms with E-state index in [1.807, 2.05) is 31.2 Å². The number of aromatic nitrogens is 2. The van der Waals surface area contributed by atoms with Gasteiger partial charge in [-0.1, -0.05) is 17.7 Å². The minimum absolute atomic E-state index is 0.409. The number of benzene rings is 1. The van der Waals surface area contributed by atoms with Gasteiger partial charge in [0.2, 0.25) is 0 Å². The molecule has 1 aromatic carbocycles. The third kappa shape index (κ3) is 4.07. The van der Waals surface area contributed by atoms with Gasteiger partial charge in [0.15, 0.2) is 5.96 Å². The van der Waals surface area contributed by atoms with E-state index in [4.69, 9.17) is 0 Å². The summed E-state index contributed by atoms with van der Waals surface area (Å²) in [5.74, 6) is 0.842. The van der Waals surface area contributed by atoms with E-state index in [0.29, 0.717) is 6.04 Å². The van der Waals surface area contributed by atoms with Crippen LogP contribution in [0.25, 0.3) is 0 Å². The zero-order valence-electron chi connectivity index (χ0n) is 14.7. The van der Waals surface area contributed by atoms with Crippen molar-refractivity contribution in [3.63, 3.8) is 0 Å². The number of rotatable bonds is 4. The molecule has 6 heteroatoms. The van der Waals surface area contributed by atoms with Crippen molar-refractivity contribution in [1.29, 1.82) is 0 Å². The number of nitrogens with one attached hydrogen (secondary N) is 2. The molecule has 0 spiro atoms. The number of hydrogen-bond donors (Lipinski definition) is 2. The molecule has 0 saturated carbocycles. The second-order valence-electron chi connectivity index (χ2n) is 6.36. The molecule has 0 aliphatic carbocycles. The van der Waals surface area contributed by atoms with Gasteiger partial charge < -0.3 is 15.5 Å². The lowest BCUT2D eigenvalue weighted by Gasteiger charge is -2.20. The van der Waals surface area contributed by atoms with E-state index in [-0.39, 0.29) is 0 Å². The summed E-state index contributed by atoms with van der Waals surface area (Å²) < 4.78 is 1.81. The first-order valence-corrected chi connectivity index (χ1v) is 8.40. The Hall–Kier alpha value is -2.50. The van der Waals surface area contributed by atoms with E-state index in [1.54, 1.807) is 0 Å². The molecule has 128 valence electrons. The first-order valence-electron chi connectivity index (χ1n) is 8.40. The fourth-order valence-corrected chi connectivity index (χ4v) is 3.01. The maximum atomic E-state index is 4.33. The largest absolute Gasteiger partial charge is 0.369 e. The van der Waals surface area contributed by atoms with E-state index < -0.39 is 0 Å². The van der Waals surface area contributed by atoms with E-state index in [9.17, 15) is 0 Å². The van der Waals surface area contributed by atoms with Crippen molar-refractivity contribution < 1.29 is 0 Å². The predicted octanol–water partition coefficient (Wildman–Crippen LogP) is 1.67. The summed E-state index contributed by atoms with van der Waals surface area (Å²) in [7, 11) is 3.74. The van der Waals surface area contributed by atoms with E-state index in [0.717, 1.165) is 37.6 Å². The molecular weight excluding hydrogens is 300 g/mol. The first kappa shape index (κ1) is 16.4. The lowest BCUT2D eigenvalue weighted by molar-refractivity contribution is 0.648. The minimum atomic E-state index is 0.409. The van der Waals surface area contributed by atoms with E-state index in [1.165, 1.54) is 11.3 Å². The van der Waals surface area contributed by atoms with Crippen LogP contribution in [0.4, 0.5) is 5.69 Å². The Bertz CT molecular complexity index is 688. The summed E-state index contributed by atoms with van der Waals surface area (Å²) in [6.07, 6.45) is 4.99. The highest BCUT2D eigenvalue weighted by Crippen LogP contribution is 2.20. The van der Waals surface area contributed by atoms with Gasteiger partial charge in [0.05, 0.1) is 6.20 Å². The minimum Gasteiger partial charge on any atom is -0.369 e. The molecule has 2 aromatic rings. The Morgan fingerprint density at radius 2 is 2.12 bits per heavy atom. The second-order valence-corrected chi connectivity index (χ2v) is 6.36. The number of guanidine groups is 1. The maximum Gasteiger partial charge on any atom is 0.191 e. The predicted molar refractivity (Wildman–Crippen MR) is 98.3 cm³/mol. The molecule has 1 aliphatic rings. The van der Waals surface area contributed by atoms with Gasteiger partial charge in [0.25, 0.3) is 0 Å². The topological polar surface area (TPSA) is 57.5 Å². The molecule has 1 atom stereocenters. The van der Waals surface area contributed by atoms with Crippen molar-refractivity contribution in [3.8, 4) is 0 Å².